The molecule has 154 valence electrons. The summed E-state index contributed by atoms with van der Waals surface area (Å²) in [6.07, 6.45) is 5.95. The van der Waals surface area contributed by atoms with Gasteiger partial charge in [-0.25, -0.2) is 4.98 Å². The summed E-state index contributed by atoms with van der Waals surface area (Å²) in [5.74, 6) is 1.29. The molecule has 3 aromatic rings. The Bertz CT molecular complexity index is 924. The van der Waals surface area contributed by atoms with Crippen molar-refractivity contribution in [2.75, 3.05) is 6.61 Å². The average Bonchev–Trinajstić information content (AvgIpc) is 3.02. The molecule has 0 unspecified atom stereocenters. The summed E-state index contributed by atoms with van der Waals surface area (Å²) in [6.45, 7) is 5.27. The second kappa shape index (κ2) is 10.5. The van der Waals surface area contributed by atoms with Gasteiger partial charge in [0.05, 0.1) is 5.69 Å². The van der Waals surface area contributed by atoms with Gasteiger partial charge in [-0.15, -0.1) is 0 Å². The summed E-state index contributed by atoms with van der Waals surface area (Å²) in [7, 11) is 0. The van der Waals surface area contributed by atoms with E-state index >= 15 is 0 Å². The van der Waals surface area contributed by atoms with Gasteiger partial charge in [0.15, 0.2) is 0 Å². The number of aromatic nitrogens is 3. The third-order valence-electron chi connectivity index (χ3n) is 4.55. The molecule has 0 aliphatic heterocycles. The zero-order valence-electron chi connectivity index (χ0n) is 16.6. The Morgan fingerprint density at radius 3 is 2.38 bits per heavy atom. The second-order valence-electron chi connectivity index (χ2n) is 7.16. The number of hydrogen-bond acceptors (Lipinski definition) is 4. The fourth-order valence-electron chi connectivity index (χ4n) is 3.13. The molecule has 1 aromatic carbocycles. The molecule has 29 heavy (non-hydrogen) atoms. The summed E-state index contributed by atoms with van der Waals surface area (Å²) in [5, 5.41) is 11.7. The van der Waals surface area contributed by atoms with Gasteiger partial charge in [0, 0.05) is 46.9 Å². The number of benzene rings is 1. The van der Waals surface area contributed by atoms with Gasteiger partial charge in [0.1, 0.15) is 10.9 Å². The van der Waals surface area contributed by atoms with Crippen LogP contribution in [0.3, 0.4) is 0 Å². The van der Waals surface area contributed by atoms with Crippen molar-refractivity contribution in [2.45, 2.75) is 55.5 Å². The van der Waals surface area contributed by atoms with E-state index < -0.39 is 0 Å². The van der Waals surface area contributed by atoms with Gasteiger partial charge in [-0.05, 0) is 54.7 Å². The van der Waals surface area contributed by atoms with Gasteiger partial charge in [-0.1, -0.05) is 48.8 Å². The molecule has 0 aliphatic rings. The van der Waals surface area contributed by atoms with Gasteiger partial charge in [-0.3, -0.25) is 4.98 Å². The summed E-state index contributed by atoms with van der Waals surface area (Å²) < 4.78 is 2.28. The van der Waals surface area contributed by atoms with E-state index in [1.54, 1.807) is 17.8 Å². The lowest BCUT2D eigenvalue weighted by atomic mass is 10.1. The first-order valence-corrected chi connectivity index (χ1v) is 11.3. The second-order valence-corrected chi connectivity index (χ2v) is 9.10. The highest BCUT2D eigenvalue weighted by Crippen LogP contribution is 2.37. The first kappa shape index (κ1) is 22.2. The van der Waals surface area contributed by atoms with Crippen LogP contribution in [0.4, 0.5) is 0 Å². The normalized spacial score (nSPS) is 11.4. The van der Waals surface area contributed by atoms with Crippen molar-refractivity contribution in [1.29, 1.82) is 0 Å². The van der Waals surface area contributed by atoms with E-state index in [4.69, 9.17) is 28.2 Å². The van der Waals surface area contributed by atoms with Crippen molar-refractivity contribution < 1.29 is 5.11 Å². The molecule has 7 heteroatoms. The lowest BCUT2D eigenvalue weighted by Gasteiger charge is -2.14. The van der Waals surface area contributed by atoms with Crippen LogP contribution in [-0.2, 0) is 19.4 Å². The summed E-state index contributed by atoms with van der Waals surface area (Å²) >= 11 is 14.1. The predicted molar refractivity (Wildman–Crippen MR) is 120 cm³/mol. The first-order valence-electron chi connectivity index (χ1n) is 9.71. The fourth-order valence-corrected chi connectivity index (χ4v) is 5.08. The van der Waals surface area contributed by atoms with Crippen LogP contribution < -0.4 is 0 Å². The molecule has 2 heterocycles. The van der Waals surface area contributed by atoms with E-state index in [2.05, 4.69) is 23.4 Å². The molecule has 4 nitrogen and oxygen atoms in total. The molecule has 0 radical (unpaired) electrons. The SMILES string of the molecule is CC(C)c1nc(CCCO)n(CCc2ccncc2)c1Sc1cc(Cl)cc(Cl)c1. The first-order chi connectivity index (χ1) is 14.0. The Labute approximate surface area is 186 Å². The van der Waals surface area contributed by atoms with Crippen LogP contribution in [0, 0.1) is 0 Å². The van der Waals surface area contributed by atoms with Crippen LogP contribution in [0.1, 0.15) is 43.3 Å². The van der Waals surface area contributed by atoms with E-state index in [0.717, 1.165) is 40.8 Å². The molecule has 0 saturated heterocycles. The van der Waals surface area contributed by atoms with Gasteiger partial charge < -0.3 is 9.67 Å². The highest BCUT2D eigenvalue weighted by Gasteiger charge is 2.20. The van der Waals surface area contributed by atoms with E-state index in [-0.39, 0.29) is 12.5 Å². The third kappa shape index (κ3) is 5.98. The molecule has 0 bridgehead atoms. The Balaban J connectivity index is 1.98. The quantitative estimate of drug-likeness (QED) is 0.433. The van der Waals surface area contributed by atoms with E-state index in [0.29, 0.717) is 16.5 Å². The van der Waals surface area contributed by atoms with E-state index in [9.17, 15) is 5.11 Å². The van der Waals surface area contributed by atoms with Gasteiger partial charge in [0.25, 0.3) is 0 Å². The number of halogens is 2. The minimum absolute atomic E-state index is 0.153. The Morgan fingerprint density at radius 2 is 1.76 bits per heavy atom. The lowest BCUT2D eigenvalue weighted by molar-refractivity contribution is 0.286. The summed E-state index contributed by atoms with van der Waals surface area (Å²) in [5.41, 5.74) is 2.29. The van der Waals surface area contributed by atoms with Crippen molar-refractivity contribution in [3.8, 4) is 0 Å². The third-order valence-corrected chi connectivity index (χ3v) is 6.09. The highest BCUT2D eigenvalue weighted by atomic mass is 35.5. The molecule has 0 fully saturated rings. The van der Waals surface area contributed by atoms with Crippen molar-refractivity contribution in [3.05, 3.63) is 69.9 Å². The largest absolute Gasteiger partial charge is 0.396 e. The summed E-state index contributed by atoms with van der Waals surface area (Å²) in [6, 6.07) is 9.67. The van der Waals surface area contributed by atoms with Gasteiger partial charge in [-0.2, -0.15) is 0 Å². The molecule has 0 spiro atoms. The molecule has 0 saturated carbocycles. The number of nitrogens with zero attached hydrogens (tertiary/aromatic N) is 3. The molecular formula is C22H25Cl2N3OS. The van der Waals surface area contributed by atoms with Crippen molar-refractivity contribution in [2.24, 2.45) is 0 Å². The molecule has 3 rings (SSSR count). The number of hydrogen-bond donors (Lipinski definition) is 1. The van der Waals surface area contributed by atoms with E-state index in [1.807, 2.05) is 36.7 Å². The standard InChI is InChI=1S/C22H25Cl2N3OS/c1-15(2)21-22(29-19-13-17(23)12-18(24)14-19)27(20(26-21)4-3-11-28)10-7-16-5-8-25-9-6-16/h5-6,8-9,12-15,28H,3-4,7,10-11H2,1-2H3. The molecule has 2 aromatic heterocycles. The summed E-state index contributed by atoms with van der Waals surface area (Å²) in [4.78, 5) is 10.0. The number of aryl methyl sites for hydroxylation is 2. The molecule has 0 atom stereocenters. The minimum atomic E-state index is 0.153. The number of aliphatic hydroxyl groups is 1. The molecular weight excluding hydrogens is 425 g/mol. The van der Waals surface area contributed by atoms with E-state index in [1.165, 1.54) is 5.56 Å². The van der Waals surface area contributed by atoms with Crippen LogP contribution in [0.2, 0.25) is 10.0 Å². The van der Waals surface area contributed by atoms with Crippen LogP contribution in [0.15, 0.2) is 52.6 Å². The maximum Gasteiger partial charge on any atom is 0.109 e. The molecule has 0 aliphatic carbocycles. The van der Waals surface area contributed by atoms with Crippen LogP contribution in [-0.4, -0.2) is 26.2 Å². The zero-order chi connectivity index (χ0) is 20.8. The Hall–Kier alpha value is -1.53. The van der Waals surface area contributed by atoms with Crippen molar-refractivity contribution in [1.82, 2.24) is 14.5 Å². The number of rotatable bonds is 9. The Morgan fingerprint density at radius 1 is 1.07 bits per heavy atom. The zero-order valence-corrected chi connectivity index (χ0v) is 18.9. The smallest absolute Gasteiger partial charge is 0.109 e. The maximum atomic E-state index is 9.33. The van der Waals surface area contributed by atoms with Crippen LogP contribution in [0.25, 0.3) is 0 Å². The van der Waals surface area contributed by atoms with Crippen molar-refractivity contribution >= 4 is 35.0 Å². The number of pyridine rings is 1. The Kier molecular flexibility index (Phi) is 8.01. The average molecular weight is 450 g/mol. The molecule has 1 N–H and O–H groups in total. The van der Waals surface area contributed by atoms with Gasteiger partial charge in [0.2, 0.25) is 0 Å². The van der Waals surface area contributed by atoms with Crippen LogP contribution in [0.5, 0.6) is 0 Å². The topological polar surface area (TPSA) is 50.9 Å². The molecule has 0 amide bonds. The fraction of sp³-hybridized carbons (Fsp3) is 0.364. The number of aliphatic hydroxyl groups excluding tert-OH is 1. The highest BCUT2D eigenvalue weighted by molar-refractivity contribution is 7.99. The predicted octanol–water partition coefficient (Wildman–Crippen LogP) is 6.03. The lowest BCUT2D eigenvalue weighted by Crippen LogP contribution is -2.08. The monoisotopic (exact) mass is 449 g/mol. The van der Waals surface area contributed by atoms with Crippen molar-refractivity contribution in [3.63, 3.8) is 0 Å². The van der Waals surface area contributed by atoms with Gasteiger partial charge >= 0.3 is 0 Å². The number of imidazole rings is 1. The van der Waals surface area contributed by atoms with Crippen LogP contribution >= 0.6 is 35.0 Å². The maximum absolute atomic E-state index is 9.33. The minimum Gasteiger partial charge on any atom is -0.396 e.